The van der Waals surface area contributed by atoms with Crippen LogP contribution >= 0.6 is 8.38 Å². The lowest BCUT2D eigenvalue weighted by molar-refractivity contribution is 0.278. The molecule has 0 spiro atoms. The number of rotatable bonds is 4. The molecule has 0 amide bonds. The Kier molecular flexibility index (Phi) is 6.30. The van der Waals surface area contributed by atoms with Crippen molar-refractivity contribution in [1.29, 1.82) is 5.26 Å². The number of nitriles is 1. The van der Waals surface area contributed by atoms with E-state index in [4.69, 9.17) is 14.3 Å². The van der Waals surface area contributed by atoms with Gasteiger partial charge in [0.25, 0.3) is 8.38 Å². The summed E-state index contributed by atoms with van der Waals surface area (Å²) in [6, 6.07) is 9.19. The van der Waals surface area contributed by atoms with Crippen LogP contribution in [-0.4, -0.2) is 13.2 Å². The Morgan fingerprint density at radius 3 is 2.06 bits per heavy atom. The Labute approximate surface area is 103 Å². The van der Waals surface area contributed by atoms with Gasteiger partial charge in [0, 0.05) is 5.56 Å². The second-order valence-electron chi connectivity index (χ2n) is 3.02. The summed E-state index contributed by atoms with van der Waals surface area (Å²) in [4.78, 5) is 0. The Morgan fingerprint density at radius 1 is 1.06 bits per heavy atom. The van der Waals surface area contributed by atoms with Crippen molar-refractivity contribution in [3.8, 4) is 17.7 Å². The minimum atomic E-state index is -1.12. The molecule has 0 N–H and O–H groups in total. The predicted octanol–water partition coefficient (Wildman–Crippen LogP) is 3.25. The molecule has 0 unspecified atom stereocenters. The van der Waals surface area contributed by atoms with Gasteiger partial charge >= 0.3 is 0 Å². The molecule has 0 saturated carbocycles. The Hall–Kier alpha value is -1.38. The maximum absolute atomic E-state index is 8.66. The van der Waals surface area contributed by atoms with Gasteiger partial charge in [0.05, 0.1) is 24.8 Å². The van der Waals surface area contributed by atoms with E-state index >= 15 is 0 Å². The summed E-state index contributed by atoms with van der Waals surface area (Å²) in [7, 11) is -1.12. The van der Waals surface area contributed by atoms with E-state index in [-0.39, 0.29) is 0 Å². The zero-order chi connectivity index (χ0) is 12.5. The van der Waals surface area contributed by atoms with Gasteiger partial charge in [-0.15, -0.1) is 0 Å². The smallest absolute Gasteiger partial charge is 0.257 e. The second kappa shape index (κ2) is 7.82. The Morgan fingerprint density at radius 2 is 1.59 bits per heavy atom. The highest BCUT2D eigenvalue weighted by Crippen LogP contribution is 2.36. The lowest BCUT2D eigenvalue weighted by Crippen LogP contribution is -1.88. The van der Waals surface area contributed by atoms with E-state index in [0.717, 1.165) is 5.56 Å². The topological polar surface area (TPSA) is 42.2 Å². The first-order valence-electron chi connectivity index (χ1n) is 5.38. The first-order valence-corrected chi connectivity index (χ1v) is 6.55. The number of hydrogen-bond donors (Lipinski definition) is 0. The standard InChI is InChI=1S/C13H14NO2P/c1-3-15-17(16-4-2)10-9-12-5-7-13(11-14)8-6-12/h5-8H,3-4H2,1-2H3. The molecule has 88 valence electrons. The van der Waals surface area contributed by atoms with Crippen LogP contribution in [0.2, 0.25) is 0 Å². The van der Waals surface area contributed by atoms with Gasteiger partial charge in [0.15, 0.2) is 0 Å². The molecule has 0 aliphatic carbocycles. The molecule has 0 aromatic heterocycles. The number of hydrogen-bond acceptors (Lipinski definition) is 3. The zero-order valence-corrected chi connectivity index (χ0v) is 10.8. The molecule has 1 aromatic rings. The number of benzene rings is 1. The summed E-state index contributed by atoms with van der Waals surface area (Å²) in [5.74, 6) is 2.99. The van der Waals surface area contributed by atoms with E-state index in [9.17, 15) is 0 Å². The normalized spacial score (nSPS) is 9.53. The van der Waals surface area contributed by atoms with Gasteiger partial charge in [-0.1, -0.05) is 5.92 Å². The van der Waals surface area contributed by atoms with Gasteiger partial charge in [-0.2, -0.15) is 5.26 Å². The monoisotopic (exact) mass is 247 g/mol. The predicted molar refractivity (Wildman–Crippen MR) is 68.2 cm³/mol. The van der Waals surface area contributed by atoms with Crippen LogP contribution in [0.4, 0.5) is 0 Å². The molecule has 4 heteroatoms. The largest absolute Gasteiger partial charge is 0.325 e. The van der Waals surface area contributed by atoms with Crippen LogP contribution in [0.1, 0.15) is 25.0 Å². The van der Waals surface area contributed by atoms with Crippen molar-refractivity contribution in [3.63, 3.8) is 0 Å². The molecule has 0 aliphatic heterocycles. The Bertz CT molecular complexity index is 433. The van der Waals surface area contributed by atoms with Crippen LogP contribution in [0, 0.1) is 22.9 Å². The van der Waals surface area contributed by atoms with E-state index in [1.165, 1.54) is 0 Å². The molecule has 0 heterocycles. The fraction of sp³-hybridized carbons (Fsp3) is 0.308. The van der Waals surface area contributed by atoms with E-state index in [0.29, 0.717) is 18.8 Å². The fourth-order valence-corrected chi connectivity index (χ4v) is 1.97. The van der Waals surface area contributed by atoms with Crippen molar-refractivity contribution in [1.82, 2.24) is 0 Å². The van der Waals surface area contributed by atoms with Crippen molar-refractivity contribution < 1.29 is 9.05 Å². The van der Waals surface area contributed by atoms with Crippen LogP contribution in [0.25, 0.3) is 0 Å². The molecule has 0 bridgehead atoms. The average Bonchev–Trinajstić information content (AvgIpc) is 2.37. The van der Waals surface area contributed by atoms with Crippen molar-refractivity contribution in [2.45, 2.75) is 13.8 Å². The molecule has 0 saturated heterocycles. The summed E-state index contributed by atoms with van der Waals surface area (Å²) in [6.07, 6.45) is 0. The average molecular weight is 247 g/mol. The van der Waals surface area contributed by atoms with Gasteiger partial charge in [0.2, 0.25) is 0 Å². The van der Waals surface area contributed by atoms with Crippen molar-refractivity contribution in [2.75, 3.05) is 13.2 Å². The first-order chi connectivity index (χ1) is 8.30. The Balaban J connectivity index is 2.71. The quantitative estimate of drug-likeness (QED) is 0.605. The molecule has 1 aromatic carbocycles. The minimum Gasteiger partial charge on any atom is -0.325 e. The highest BCUT2D eigenvalue weighted by Gasteiger charge is 2.03. The zero-order valence-electron chi connectivity index (χ0n) is 9.93. The second-order valence-corrected chi connectivity index (χ2v) is 4.27. The third-order valence-corrected chi connectivity index (χ3v) is 3.08. The van der Waals surface area contributed by atoms with Crippen molar-refractivity contribution in [3.05, 3.63) is 35.4 Å². The highest BCUT2D eigenvalue weighted by molar-refractivity contribution is 7.52. The fourth-order valence-electron chi connectivity index (χ4n) is 1.07. The maximum atomic E-state index is 8.66. The van der Waals surface area contributed by atoms with Crippen LogP contribution in [0.3, 0.4) is 0 Å². The van der Waals surface area contributed by atoms with Crippen molar-refractivity contribution in [2.24, 2.45) is 0 Å². The summed E-state index contributed by atoms with van der Waals surface area (Å²) in [6.45, 7) is 5.01. The third kappa shape index (κ3) is 4.98. The number of nitrogens with zero attached hydrogens (tertiary/aromatic N) is 1. The van der Waals surface area contributed by atoms with Gasteiger partial charge in [-0.05, 0) is 43.8 Å². The van der Waals surface area contributed by atoms with E-state index in [1.807, 2.05) is 26.0 Å². The van der Waals surface area contributed by atoms with E-state index in [1.54, 1.807) is 12.1 Å². The van der Waals surface area contributed by atoms with E-state index < -0.39 is 8.38 Å². The molecule has 3 nitrogen and oxygen atoms in total. The lowest BCUT2D eigenvalue weighted by atomic mass is 10.2. The molecule has 0 atom stereocenters. The molecule has 1 rings (SSSR count). The first kappa shape index (κ1) is 13.7. The van der Waals surface area contributed by atoms with Crippen LogP contribution in [0.15, 0.2) is 24.3 Å². The van der Waals surface area contributed by atoms with Gasteiger partial charge in [-0.3, -0.25) is 0 Å². The third-order valence-electron chi connectivity index (χ3n) is 1.80. The molecule has 17 heavy (non-hydrogen) atoms. The van der Waals surface area contributed by atoms with Gasteiger partial charge < -0.3 is 9.05 Å². The summed E-state index contributed by atoms with van der Waals surface area (Å²) in [5.41, 5.74) is 4.45. The van der Waals surface area contributed by atoms with E-state index in [2.05, 4.69) is 17.7 Å². The summed E-state index contributed by atoms with van der Waals surface area (Å²) < 4.78 is 10.7. The van der Waals surface area contributed by atoms with Gasteiger partial charge in [0.1, 0.15) is 0 Å². The molecular formula is C13H14NO2P. The molecular weight excluding hydrogens is 233 g/mol. The maximum Gasteiger partial charge on any atom is 0.257 e. The van der Waals surface area contributed by atoms with Crippen LogP contribution in [0.5, 0.6) is 0 Å². The lowest BCUT2D eigenvalue weighted by Gasteiger charge is -2.07. The molecule has 0 aliphatic rings. The van der Waals surface area contributed by atoms with Crippen LogP contribution < -0.4 is 0 Å². The summed E-state index contributed by atoms with van der Waals surface area (Å²) >= 11 is 0. The minimum absolute atomic E-state index is 0.591. The van der Waals surface area contributed by atoms with Gasteiger partial charge in [-0.25, -0.2) is 0 Å². The van der Waals surface area contributed by atoms with Crippen LogP contribution in [-0.2, 0) is 9.05 Å². The van der Waals surface area contributed by atoms with Crippen molar-refractivity contribution >= 4 is 8.38 Å². The highest BCUT2D eigenvalue weighted by atomic mass is 31.2. The SMILES string of the molecule is CCOP(C#Cc1ccc(C#N)cc1)OCC. The summed E-state index contributed by atoms with van der Waals surface area (Å²) in [5, 5.41) is 8.66. The molecule has 0 fully saturated rings. The molecule has 0 radical (unpaired) electrons.